The van der Waals surface area contributed by atoms with Crippen molar-refractivity contribution in [1.82, 2.24) is 4.72 Å². The van der Waals surface area contributed by atoms with Crippen molar-refractivity contribution >= 4 is 15.7 Å². The molecule has 114 valence electrons. The first kappa shape index (κ1) is 16.9. The van der Waals surface area contributed by atoms with E-state index in [0.717, 1.165) is 18.5 Å². The molecule has 5 nitrogen and oxygen atoms in total. The van der Waals surface area contributed by atoms with Gasteiger partial charge in [0.15, 0.2) is 0 Å². The molecule has 0 fully saturated rings. The highest BCUT2D eigenvalue weighted by atomic mass is 32.2. The molecule has 0 radical (unpaired) electrons. The smallest absolute Gasteiger partial charge is 0.240 e. The third-order valence-corrected chi connectivity index (χ3v) is 4.42. The number of anilines is 1. The van der Waals surface area contributed by atoms with E-state index in [1.807, 2.05) is 6.92 Å². The topological polar surface area (TPSA) is 67.4 Å². The lowest BCUT2D eigenvalue weighted by Gasteiger charge is -2.17. The van der Waals surface area contributed by atoms with E-state index in [1.165, 1.54) is 0 Å². The summed E-state index contributed by atoms with van der Waals surface area (Å²) in [6, 6.07) is 7.00. The molecule has 1 rings (SSSR count). The van der Waals surface area contributed by atoms with Gasteiger partial charge in [-0.3, -0.25) is 0 Å². The Morgan fingerprint density at radius 2 is 1.85 bits per heavy atom. The molecule has 1 atom stereocenters. The summed E-state index contributed by atoms with van der Waals surface area (Å²) in [5.41, 5.74) is 0.892. The van der Waals surface area contributed by atoms with Crippen LogP contribution in [0.2, 0.25) is 0 Å². The van der Waals surface area contributed by atoms with Crippen molar-refractivity contribution in [2.75, 3.05) is 25.6 Å². The maximum Gasteiger partial charge on any atom is 0.240 e. The van der Waals surface area contributed by atoms with Crippen LogP contribution in [0.15, 0.2) is 29.2 Å². The van der Waals surface area contributed by atoms with Crippen LogP contribution in [-0.4, -0.2) is 34.7 Å². The molecular weight excluding hydrogens is 276 g/mol. The largest absolute Gasteiger partial charge is 0.383 e. The van der Waals surface area contributed by atoms with Crippen molar-refractivity contribution in [2.45, 2.75) is 37.6 Å². The standard InChI is InChI=1S/C14H24N2O3S/c1-4-10-15-20(17,18)14-8-6-13(7-9-14)16-12(5-2)11-19-3/h6-9,12,15-16H,4-5,10-11H2,1-3H3. The normalized spacial score (nSPS) is 13.2. The first-order valence-electron chi connectivity index (χ1n) is 6.88. The third kappa shape index (κ3) is 5.11. The lowest BCUT2D eigenvalue weighted by Crippen LogP contribution is -2.25. The van der Waals surface area contributed by atoms with Crippen LogP contribution in [0.4, 0.5) is 5.69 Å². The SMILES string of the molecule is CCCNS(=O)(=O)c1ccc(NC(CC)COC)cc1. The molecule has 1 unspecified atom stereocenters. The Morgan fingerprint density at radius 1 is 1.20 bits per heavy atom. The number of ether oxygens (including phenoxy) is 1. The molecule has 1 aromatic rings. The molecule has 0 heterocycles. The van der Waals surface area contributed by atoms with Crippen molar-refractivity contribution in [1.29, 1.82) is 0 Å². The number of hydrogen-bond donors (Lipinski definition) is 2. The summed E-state index contributed by atoms with van der Waals surface area (Å²) in [5, 5.41) is 3.31. The Morgan fingerprint density at radius 3 is 2.35 bits per heavy atom. The van der Waals surface area contributed by atoms with Crippen LogP contribution < -0.4 is 10.0 Å². The first-order valence-corrected chi connectivity index (χ1v) is 8.37. The monoisotopic (exact) mass is 300 g/mol. The lowest BCUT2D eigenvalue weighted by atomic mass is 10.2. The van der Waals surface area contributed by atoms with E-state index >= 15 is 0 Å². The minimum atomic E-state index is -3.39. The molecule has 6 heteroatoms. The Labute approximate surface area is 121 Å². The Kier molecular flexibility index (Phi) is 6.98. The summed E-state index contributed by atoms with van der Waals surface area (Å²) in [4.78, 5) is 0.288. The number of rotatable bonds is 9. The Bertz CT molecular complexity index is 486. The summed E-state index contributed by atoms with van der Waals surface area (Å²) in [5.74, 6) is 0. The number of methoxy groups -OCH3 is 1. The van der Waals surface area contributed by atoms with E-state index in [1.54, 1.807) is 31.4 Å². The number of benzene rings is 1. The van der Waals surface area contributed by atoms with E-state index < -0.39 is 10.0 Å². The van der Waals surface area contributed by atoms with Crippen LogP contribution in [0.25, 0.3) is 0 Å². The van der Waals surface area contributed by atoms with E-state index in [4.69, 9.17) is 4.74 Å². The molecule has 0 saturated carbocycles. The quantitative estimate of drug-likeness (QED) is 0.734. The number of nitrogens with one attached hydrogen (secondary N) is 2. The second-order valence-corrected chi connectivity index (χ2v) is 6.39. The molecule has 0 aliphatic carbocycles. The zero-order valence-corrected chi connectivity index (χ0v) is 13.2. The van der Waals surface area contributed by atoms with Crippen molar-refractivity contribution in [3.05, 3.63) is 24.3 Å². The van der Waals surface area contributed by atoms with E-state index in [9.17, 15) is 8.42 Å². The maximum absolute atomic E-state index is 11.9. The van der Waals surface area contributed by atoms with Gasteiger partial charge in [0.1, 0.15) is 0 Å². The predicted octanol–water partition coefficient (Wildman–Crippen LogP) is 2.21. The highest BCUT2D eigenvalue weighted by Crippen LogP contribution is 2.15. The van der Waals surface area contributed by atoms with Crippen molar-refractivity contribution < 1.29 is 13.2 Å². The van der Waals surface area contributed by atoms with Gasteiger partial charge in [-0.05, 0) is 37.1 Å². The van der Waals surface area contributed by atoms with Gasteiger partial charge in [-0.2, -0.15) is 0 Å². The van der Waals surface area contributed by atoms with Gasteiger partial charge in [0, 0.05) is 25.4 Å². The van der Waals surface area contributed by atoms with Gasteiger partial charge < -0.3 is 10.1 Å². The van der Waals surface area contributed by atoms with Crippen molar-refractivity contribution in [3.8, 4) is 0 Å². The average molecular weight is 300 g/mol. The fraction of sp³-hybridized carbons (Fsp3) is 0.571. The highest BCUT2D eigenvalue weighted by Gasteiger charge is 2.13. The van der Waals surface area contributed by atoms with Crippen LogP contribution in [0, 0.1) is 0 Å². The first-order chi connectivity index (χ1) is 9.53. The maximum atomic E-state index is 11.9. The van der Waals surface area contributed by atoms with Crippen LogP contribution >= 0.6 is 0 Å². The molecule has 20 heavy (non-hydrogen) atoms. The fourth-order valence-electron chi connectivity index (χ4n) is 1.75. The van der Waals surface area contributed by atoms with Gasteiger partial charge in [-0.25, -0.2) is 13.1 Å². The summed E-state index contributed by atoms with van der Waals surface area (Å²) in [7, 11) is -1.72. The molecule has 1 aromatic carbocycles. The number of sulfonamides is 1. The van der Waals surface area contributed by atoms with Crippen LogP contribution in [-0.2, 0) is 14.8 Å². The molecular formula is C14H24N2O3S. The van der Waals surface area contributed by atoms with Gasteiger partial charge in [0.25, 0.3) is 0 Å². The summed E-state index contributed by atoms with van der Waals surface area (Å²) in [6.07, 6.45) is 1.71. The second kappa shape index (κ2) is 8.24. The molecule has 0 aliphatic rings. The highest BCUT2D eigenvalue weighted by molar-refractivity contribution is 7.89. The Balaban J connectivity index is 2.73. The van der Waals surface area contributed by atoms with Crippen LogP contribution in [0.3, 0.4) is 0 Å². The molecule has 0 spiro atoms. The summed E-state index contributed by atoms with van der Waals surface area (Å²) in [6.45, 7) is 5.07. The molecule has 0 bridgehead atoms. The van der Waals surface area contributed by atoms with Gasteiger partial charge in [-0.1, -0.05) is 13.8 Å². The van der Waals surface area contributed by atoms with E-state index in [-0.39, 0.29) is 10.9 Å². The lowest BCUT2D eigenvalue weighted by molar-refractivity contribution is 0.184. The molecule has 0 aromatic heterocycles. The second-order valence-electron chi connectivity index (χ2n) is 4.63. The third-order valence-electron chi connectivity index (χ3n) is 2.94. The van der Waals surface area contributed by atoms with Crippen molar-refractivity contribution in [3.63, 3.8) is 0 Å². The molecule has 0 amide bonds. The van der Waals surface area contributed by atoms with Crippen LogP contribution in [0.1, 0.15) is 26.7 Å². The molecule has 0 saturated heterocycles. The summed E-state index contributed by atoms with van der Waals surface area (Å²) < 4.78 is 31.5. The molecule has 0 aliphatic heterocycles. The zero-order chi connectivity index (χ0) is 15.0. The van der Waals surface area contributed by atoms with Gasteiger partial charge in [-0.15, -0.1) is 0 Å². The van der Waals surface area contributed by atoms with E-state index in [2.05, 4.69) is 17.0 Å². The fourth-order valence-corrected chi connectivity index (χ4v) is 2.88. The molecule has 2 N–H and O–H groups in total. The van der Waals surface area contributed by atoms with Gasteiger partial charge in [0.2, 0.25) is 10.0 Å². The average Bonchev–Trinajstić information content (AvgIpc) is 2.45. The van der Waals surface area contributed by atoms with Crippen molar-refractivity contribution in [2.24, 2.45) is 0 Å². The zero-order valence-electron chi connectivity index (χ0n) is 12.3. The number of hydrogen-bond acceptors (Lipinski definition) is 4. The van der Waals surface area contributed by atoms with Crippen LogP contribution in [0.5, 0.6) is 0 Å². The van der Waals surface area contributed by atoms with Gasteiger partial charge in [0.05, 0.1) is 11.5 Å². The summed E-state index contributed by atoms with van der Waals surface area (Å²) >= 11 is 0. The van der Waals surface area contributed by atoms with Gasteiger partial charge >= 0.3 is 0 Å². The minimum Gasteiger partial charge on any atom is -0.383 e. The minimum absolute atomic E-state index is 0.223. The Hall–Kier alpha value is -1.11. The predicted molar refractivity (Wildman–Crippen MR) is 81.5 cm³/mol. The van der Waals surface area contributed by atoms with E-state index in [0.29, 0.717) is 13.2 Å².